The van der Waals surface area contributed by atoms with Crippen molar-refractivity contribution in [2.45, 2.75) is 24.8 Å². The maximum absolute atomic E-state index is 12.1. The molecule has 0 saturated carbocycles. The molecule has 0 aliphatic rings. The van der Waals surface area contributed by atoms with Gasteiger partial charge in [0.05, 0.1) is 21.4 Å². The minimum atomic E-state index is -3.90. The summed E-state index contributed by atoms with van der Waals surface area (Å²) >= 11 is 5.85. The number of rotatable bonds is 6. The molecule has 1 atom stereocenters. The van der Waals surface area contributed by atoms with Crippen LogP contribution in [0.1, 0.15) is 12.5 Å². The van der Waals surface area contributed by atoms with E-state index in [0.29, 0.717) is 0 Å². The third kappa shape index (κ3) is 3.89. The van der Waals surface area contributed by atoms with E-state index in [4.69, 9.17) is 16.3 Å². The Morgan fingerprint density at radius 2 is 2.10 bits per heavy atom. The zero-order valence-corrected chi connectivity index (χ0v) is 12.8. The molecule has 7 nitrogen and oxygen atoms in total. The topological polar surface area (TPSA) is 98.5 Å². The maximum Gasteiger partial charge on any atom is 0.275 e. The van der Waals surface area contributed by atoms with Crippen LogP contribution in [0.5, 0.6) is 0 Å². The molecule has 0 aliphatic carbocycles. The van der Waals surface area contributed by atoms with Crippen LogP contribution in [-0.2, 0) is 14.8 Å². The number of nitrogens with zero attached hydrogens (tertiary/aromatic N) is 1. The van der Waals surface area contributed by atoms with Crippen LogP contribution >= 0.6 is 11.6 Å². The number of ether oxygens (including phenoxy) is 1. The maximum atomic E-state index is 12.1. The van der Waals surface area contributed by atoms with Crippen LogP contribution in [0.4, 0.5) is 5.69 Å². The van der Waals surface area contributed by atoms with Crippen molar-refractivity contribution in [1.29, 1.82) is 0 Å². The molecule has 0 bridgehead atoms. The molecule has 0 saturated heterocycles. The van der Waals surface area contributed by atoms with E-state index in [9.17, 15) is 18.5 Å². The molecule has 0 amide bonds. The van der Waals surface area contributed by atoms with Gasteiger partial charge in [-0.15, -0.1) is 0 Å². The Morgan fingerprint density at radius 3 is 2.60 bits per heavy atom. The fourth-order valence-electron chi connectivity index (χ4n) is 1.60. The lowest BCUT2D eigenvalue weighted by Crippen LogP contribution is -2.35. The van der Waals surface area contributed by atoms with Crippen LogP contribution in [0.2, 0.25) is 5.02 Å². The lowest BCUT2D eigenvalue weighted by Gasteiger charge is -2.13. The van der Waals surface area contributed by atoms with Crippen molar-refractivity contribution in [1.82, 2.24) is 4.72 Å². The van der Waals surface area contributed by atoms with Gasteiger partial charge in [-0.2, -0.15) is 0 Å². The number of benzene rings is 1. The molecule has 0 unspecified atom stereocenters. The number of halogens is 1. The molecular formula is C11H15ClN2O5S. The standard InChI is InChI=1S/C11H15ClN2O5S/c1-7(6-19-3)13-20(17,18)9-4-10(12)8(2)11(5-9)14(15)16/h4-5,7,13H,6H2,1-3H3/t7-/m1/s1. The lowest BCUT2D eigenvalue weighted by atomic mass is 10.2. The second-order valence-electron chi connectivity index (χ2n) is 4.28. The van der Waals surface area contributed by atoms with Gasteiger partial charge in [-0.3, -0.25) is 10.1 Å². The third-order valence-electron chi connectivity index (χ3n) is 2.57. The fourth-order valence-corrected chi connectivity index (χ4v) is 3.15. The van der Waals surface area contributed by atoms with Gasteiger partial charge in [0.15, 0.2) is 0 Å². The minimum absolute atomic E-state index is 0.0268. The normalized spacial score (nSPS) is 13.2. The Labute approximate surface area is 122 Å². The Balaban J connectivity index is 3.22. The number of methoxy groups -OCH3 is 1. The minimum Gasteiger partial charge on any atom is -0.383 e. The molecule has 1 rings (SSSR count). The summed E-state index contributed by atoms with van der Waals surface area (Å²) in [5.74, 6) is 0. The average molecular weight is 323 g/mol. The van der Waals surface area contributed by atoms with Gasteiger partial charge in [0.1, 0.15) is 0 Å². The largest absolute Gasteiger partial charge is 0.383 e. The summed E-state index contributed by atoms with van der Waals surface area (Å²) in [5.41, 5.74) is -0.113. The molecule has 112 valence electrons. The molecule has 0 fully saturated rings. The quantitative estimate of drug-likeness (QED) is 0.636. The van der Waals surface area contributed by atoms with E-state index < -0.39 is 21.0 Å². The van der Waals surface area contributed by atoms with Crippen molar-refractivity contribution in [3.8, 4) is 0 Å². The highest BCUT2D eigenvalue weighted by atomic mass is 35.5. The van der Waals surface area contributed by atoms with Crippen molar-refractivity contribution in [2.75, 3.05) is 13.7 Å². The zero-order valence-electron chi connectivity index (χ0n) is 11.2. The van der Waals surface area contributed by atoms with E-state index in [2.05, 4.69) is 4.72 Å². The summed E-state index contributed by atoms with van der Waals surface area (Å²) in [7, 11) is -2.45. The van der Waals surface area contributed by atoms with Crippen LogP contribution in [0.15, 0.2) is 17.0 Å². The Kier molecular flexibility index (Phi) is 5.46. The summed E-state index contributed by atoms with van der Waals surface area (Å²) in [5, 5.41) is 10.9. The van der Waals surface area contributed by atoms with Gasteiger partial charge in [-0.1, -0.05) is 11.6 Å². The second-order valence-corrected chi connectivity index (χ2v) is 6.41. The van der Waals surface area contributed by atoms with Crippen LogP contribution in [0, 0.1) is 17.0 Å². The SMILES string of the molecule is COC[C@@H](C)NS(=O)(=O)c1cc(Cl)c(C)c([N+](=O)[O-])c1. The van der Waals surface area contributed by atoms with Gasteiger partial charge in [-0.25, -0.2) is 13.1 Å². The van der Waals surface area contributed by atoms with E-state index in [0.717, 1.165) is 6.07 Å². The molecule has 0 spiro atoms. The lowest BCUT2D eigenvalue weighted by molar-refractivity contribution is -0.385. The van der Waals surface area contributed by atoms with E-state index in [-0.39, 0.29) is 27.8 Å². The van der Waals surface area contributed by atoms with Crippen LogP contribution in [0.3, 0.4) is 0 Å². The van der Waals surface area contributed by atoms with E-state index >= 15 is 0 Å². The first-order chi connectivity index (χ1) is 9.19. The summed E-state index contributed by atoms with van der Waals surface area (Å²) in [6.07, 6.45) is 0. The van der Waals surface area contributed by atoms with Crippen LogP contribution in [-0.4, -0.2) is 33.1 Å². The number of nitro groups is 1. The number of hydrogen-bond donors (Lipinski definition) is 1. The molecule has 0 aliphatic heterocycles. The first kappa shape index (κ1) is 16.8. The van der Waals surface area contributed by atoms with Gasteiger partial charge in [-0.05, 0) is 19.9 Å². The fraction of sp³-hybridized carbons (Fsp3) is 0.455. The highest BCUT2D eigenvalue weighted by Gasteiger charge is 2.23. The zero-order chi connectivity index (χ0) is 15.5. The van der Waals surface area contributed by atoms with Crippen molar-refractivity contribution in [3.63, 3.8) is 0 Å². The van der Waals surface area contributed by atoms with Crippen molar-refractivity contribution in [2.24, 2.45) is 0 Å². The van der Waals surface area contributed by atoms with Crippen LogP contribution < -0.4 is 4.72 Å². The first-order valence-corrected chi connectivity index (χ1v) is 7.51. The molecule has 1 aromatic rings. The molecule has 20 heavy (non-hydrogen) atoms. The third-order valence-corrected chi connectivity index (χ3v) is 4.53. The van der Waals surface area contributed by atoms with E-state index in [1.165, 1.54) is 20.1 Å². The molecule has 0 radical (unpaired) electrons. The molecule has 1 N–H and O–H groups in total. The molecule has 1 aromatic carbocycles. The molecule has 0 heterocycles. The molecular weight excluding hydrogens is 308 g/mol. The number of nitrogens with one attached hydrogen (secondary N) is 1. The number of hydrogen-bond acceptors (Lipinski definition) is 5. The Hall–Kier alpha value is -1.22. The number of sulfonamides is 1. The van der Waals surface area contributed by atoms with E-state index in [1.54, 1.807) is 6.92 Å². The summed E-state index contributed by atoms with van der Waals surface area (Å²) in [4.78, 5) is 9.97. The van der Waals surface area contributed by atoms with Crippen LogP contribution in [0.25, 0.3) is 0 Å². The monoisotopic (exact) mass is 322 g/mol. The van der Waals surface area contributed by atoms with Gasteiger partial charge in [0.2, 0.25) is 10.0 Å². The van der Waals surface area contributed by atoms with Gasteiger partial charge >= 0.3 is 0 Å². The molecule has 9 heteroatoms. The van der Waals surface area contributed by atoms with Crippen molar-refractivity contribution >= 4 is 27.3 Å². The van der Waals surface area contributed by atoms with Gasteiger partial charge < -0.3 is 4.74 Å². The Morgan fingerprint density at radius 1 is 1.50 bits per heavy atom. The summed E-state index contributed by atoms with van der Waals surface area (Å²) < 4.78 is 31.4. The van der Waals surface area contributed by atoms with Gasteiger partial charge in [0.25, 0.3) is 5.69 Å². The average Bonchev–Trinajstić information content (AvgIpc) is 2.31. The second kappa shape index (κ2) is 6.49. The number of nitro benzene ring substituents is 1. The highest BCUT2D eigenvalue weighted by molar-refractivity contribution is 7.89. The Bertz CT molecular complexity index is 617. The van der Waals surface area contributed by atoms with Gasteiger partial charge in [0, 0.05) is 24.8 Å². The summed E-state index contributed by atoms with van der Waals surface area (Å²) in [6, 6.07) is 1.71. The van der Waals surface area contributed by atoms with E-state index in [1.807, 2.05) is 0 Å². The van der Waals surface area contributed by atoms with Crippen molar-refractivity contribution < 1.29 is 18.1 Å². The predicted octanol–water partition coefficient (Wildman–Crippen LogP) is 1.87. The first-order valence-electron chi connectivity index (χ1n) is 5.65. The summed E-state index contributed by atoms with van der Waals surface area (Å²) in [6.45, 7) is 3.25. The highest BCUT2D eigenvalue weighted by Crippen LogP contribution is 2.29. The van der Waals surface area contributed by atoms with Crippen molar-refractivity contribution in [3.05, 3.63) is 32.8 Å². The molecule has 0 aromatic heterocycles. The smallest absolute Gasteiger partial charge is 0.275 e. The predicted molar refractivity (Wildman–Crippen MR) is 74.5 cm³/mol.